The lowest BCUT2D eigenvalue weighted by Gasteiger charge is -2.44. The molecule has 0 unspecified atom stereocenters. The largest absolute Gasteiger partial charge is 0.394 e. The first-order valence-electron chi connectivity index (χ1n) is 6.29. The first-order chi connectivity index (χ1) is 6.99. The topological polar surface area (TPSA) is 32.3 Å². The summed E-state index contributed by atoms with van der Waals surface area (Å²) in [5, 5.41) is 12.7. The molecule has 90 valence electrons. The van der Waals surface area contributed by atoms with Crippen LogP contribution >= 0.6 is 0 Å². The van der Waals surface area contributed by atoms with Crippen LogP contribution in [0.1, 0.15) is 52.9 Å². The van der Waals surface area contributed by atoms with Crippen LogP contribution in [0, 0.1) is 11.3 Å². The van der Waals surface area contributed by atoms with E-state index in [1.807, 2.05) is 7.05 Å². The third-order valence-electron chi connectivity index (χ3n) is 4.79. The standard InChI is InChI=1S/C13H27NO/c1-5-12(2,3)11-6-8-13(10-15,14-4)9-7-11/h11,14-15H,5-10H2,1-4H3. The van der Waals surface area contributed by atoms with E-state index in [2.05, 4.69) is 26.1 Å². The van der Waals surface area contributed by atoms with Crippen LogP contribution in [-0.4, -0.2) is 24.3 Å². The van der Waals surface area contributed by atoms with Gasteiger partial charge in [0.15, 0.2) is 0 Å². The number of nitrogens with one attached hydrogen (secondary N) is 1. The van der Waals surface area contributed by atoms with Gasteiger partial charge in [-0.25, -0.2) is 0 Å². The summed E-state index contributed by atoms with van der Waals surface area (Å²) in [7, 11) is 1.97. The quantitative estimate of drug-likeness (QED) is 0.752. The van der Waals surface area contributed by atoms with Crippen molar-refractivity contribution in [2.24, 2.45) is 11.3 Å². The molecule has 15 heavy (non-hydrogen) atoms. The van der Waals surface area contributed by atoms with Gasteiger partial charge in [-0.1, -0.05) is 27.2 Å². The summed E-state index contributed by atoms with van der Waals surface area (Å²) in [5.74, 6) is 0.829. The maximum atomic E-state index is 9.43. The maximum absolute atomic E-state index is 9.43. The lowest BCUT2D eigenvalue weighted by atomic mass is 9.66. The van der Waals surface area contributed by atoms with Gasteiger partial charge in [-0.2, -0.15) is 0 Å². The van der Waals surface area contributed by atoms with E-state index in [4.69, 9.17) is 0 Å². The molecule has 0 amide bonds. The third-order valence-corrected chi connectivity index (χ3v) is 4.79. The normalized spacial score (nSPS) is 33.0. The minimum Gasteiger partial charge on any atom is -0.394 e. The molecule has 1 aliphatic carbocycles. The van der Waals surface area contributed by atoms with E-state index in [-0.39, 0.29) is 12.1 Å². The molecular weight excluding hydrogens is 186 g/mol. The van der Waals surface area contributed by atoms with Crippen LogP contribution in [0.15, 0.2) is 0 Å². The Morgan fingerprint density at radius 2 is 1.87 bits per heavy atom. The zero-order valence-electron chi connectivity index (χ0n) is 10.8. The monoisotopic (exact) mass is 213 g/mol. The highest BCUT2D eigenvalue weighted by atomic mass is 16.3. The van der Waals surface area contributed by atoms with E-state index < -0.39 is 0 Å². The van der Waals surface area contributed by atoms with Gasteiger partial charge in [0.1, 0.15) is 0 Å². The van der Waals surface area contributed by atoms with E-state index >= 15 is 0 Å². The zero-order chi connectivity index (χ0) is 11.5. The van der Waals surface area contributed by atoms with Crippen LogP contribution < -0.4 is 5.32 Å². The van der Waals surface area contributed by atoms with E-state index in [1.165, 1.54) is 19.3 Å². The van der Waals surface area contributed by atoms with Gasteiger partial charge in [-0.05, 0) is 44.1 Å². The van der Waals surface area contributed by atoms with Crippen molar-refractivity contribution in [1.29, 1.82) is 0 Å². The molecule has 0 saturated heterocycles. The Morgan fingerprint density at radius 1 is 1.33 bits per heavy atom. The molecular formula is C13H27NO. The molecule has 1 saturated carbocycles. The van der Waals surface area contributed by atoms with Gasteiger partial charge in [-0.3, -0.25) is 0 Å². The molecule has 0 aromatic rings. The molecule has 1 rings (SSSR count). The summed E-state index contributed by atoms with van der Waals surface area (Å²) in [4.78, 5) is 0. The number of likely N-dealkylation sites (N-methyl/N-ethyl adjacent to an activating group) is 1. The second-order valence-corrected chi connectivity index (χ2v) is 5.80. The van der Waals surface area contributed by atoms with Gasteiger partial charge in [0.25, 0.3) is 0 Å². The zero-order valence-corrected chi connectivity index (χ0v) is 10.8. The second kappa shape index (κ2) is 4.84. The highest BCUT2D eigenvalue weighted by Gasteiger charge is 2.38. The van der Waals surface area contributed by atoms with Crippen molar-refractivity contribution in [3.63, 3.8) is 0 Å². The average molecular weight is 213 g/mol. The van der Waals surface area contributed by atoms with Crippen LogP contribution in [0.4, 0.5) is 0 Å². The molecule has 2 heteroatoms. The molecule has 1 fully saturated rings. The Kier molecular flexibility index (Phi) is 4.19. The molecule has 0 aliphatic heterocycles. The molecule has 0 atom stereocenters. The second-order valence-electron chi connectivity index (χ2n) is 5.80. The first-order valence-corrected chi connectivity index (χ1v) is 6.29. The minimum atomic E-state index is 0.0142. The number of hydrogen-bond acceptors (Lipinski definition) is 2. The molecule has 1 aliphatic rings. The summed E-state index contributed by atoms with van der Waals surface area (Å²) in [6.45, 7) is 7.32. The summed E-state index contributed by atoms with van der Waals surface area (Å²) < 4.78 is 0. The SMILES string of the molecule is CCC(C)(C)C1CCC(CO)(NC)CC1. The number of rotatable bonds is 4. The van der Waals surface area contributed by atoms with Crippen molar-refractivity contribution >= 4 is 0 Å². The maximum Gasteiger partial charge on any atom is 0.0613 e. The van der Waals surface area contributed by atoms with Crippen LogP contribution in [0.5, 0.6) is 0 Å². The summed E-state index contributed by atoms with van der Waals surface area (Å²) in [6.07, 6.45) is 6.00. The van der Waals surface area contributed by atoms with Crippen molar-refractivity contribution < 1.29 is 5.11 Å². The van der Waals surface area contributed by atoms with Gasteiger partial charge < -0.3 is 10.4 Å². The molecule has 0 heterocycles. The minimum absolute atomic E-state index is 0.0142. The fraction of sp³-hybridized carbons (Fsp3) is 1.00. The average Bonchev–Trinajstić information content (AvgIpc) is 2.29. The van der Waals surface area contributed by atoms with Crippen molar-refractivity contribution in [3.05, 3.63) is 0 Å². The van der Waals surface area contributed by atoms with E-state index in [1.54, 1.807) is 0 Å². The molecule has 0 aromatic carbocycles. The lowest BCUT2D eigenvalue weighted by molar-refractivity contribution is 0.0657. The molecule has 0 spiro atoms. The van der Waals surface area contributed by atoms with Crippen molar-refractivity contribution in [1.82, 2.24) is 5.32 Å². The highest BCUT2D eigenvalue weighted by molar-refractivity contribution is 4.94. The Balaban J connectivity index is 2.55. The van der Waals surface area contributed by atoms with Gasteiger partial charge >= 0.3 is 0 Å². The number of aliphatic hydroxyl groups is 1. The molecule has 0 radical (unpaired) electrons. The smallest absolute Gasteiger partial charge is 0.0613 e. The predicted molar refractivity (Wildman–Crippen MR) is 64.9 cm³/mol. The lowest BCUT2D eigenvalue weighted by Crippen LogP contribution is -2.50. The molecule has 2 nitrogen and oxygen atoms in total. The summed E-state index contributed by atoms with van der Waals surface area (Å²) in [6, 6.07) is 0. The number of hydrogen-bond donors (Lipinski definition) is 2. The fourth-order valence-electron chi connectivity index (χ4n) is 2.73. The Morgan fingerprint density at radius 3 is 2.20 bits per heavy atom. The Labute approximate surface area is 94.5 Å². The fourth-order valence-corrected chi connectivity index (χ4v) is 2.73. The molecule has 0 bridgehead atoms. The predicted octanol–water partition coefficient (Wildman–Crippen LogP) is 2.56. The van der Waals surface area contributed by atoms with Crippen LogP contribution in [0.2, 0.25) is 0 Å². The summed E-state index contributed by atoms with van der Waals surface area (Å²) in [5.41, 5.74) is 0.482. The summed E-state index contributed by atoms with van der Waals surface area (Å²) >= 11 is 0. The van der Waals surface area contributed by atoms with E-state index in [0.29, 0.717) is 5.41 Å². The third kappa shape index (κ3) is 2.73. The molecule has 0 aromatic heterocycles. The molecule has 2 N–H and O–H groups in total. The van der Waals surface area contributed by atoms with E-state index in [9.17, 15) is 5.11 Å². The van der Waals surface area contributed by atoms with Crippen molar-refractivity contribution in [3.8, 4) is 0 Å². The van der Waals surface area contributed by atoms with Crippen molar-refractivity contribution in [2.45, 2.75) is 58.4 Å². The highest BCUT2D eigenvalue weighted by Crippen LogP contribution is 2.43. The van der Waals surface area contributed by atoms with Gasteiger partial charge in [0.05, 0.1) is 6.61 Å². The van der Waals surface area contributed by atoms with Gasteiger partial charge in [-0.15, -0.1) is 0 Å². The Hall–Kier alpha value is -0.0800. The van der Waals surface area contributed by atoms with Gasteiger partial charge in [0, 0.05) is 5.54 Å². The number of aliphatic hydroxyl groups excluding tert-OH is 1. The van der Waals surface area contributed by atoms with Crippen LogP contribution in [0.25, 0.3) is 0 Å². The van der Waals surface area contributed by atoms with Crippen molar-refractivity contribution in [2.75, 3.05) is 13.7 Å². The van der Waals surface area contributed by atoms with Gasteiger partial charge in [0.2, 0.25) is 0 Å². The Bertz CT molecular complexity index is 187. The van der Waals surface area contributed by atoms with E-state index in [0.717, 1.165) is 18.8 Å². The van der Waals surface area contributed by atoms with Crippen LogP contribution in [-0.2, 0) is 0 Å². The first kappa shape index (κ1) is 13.0. The van der Waals surface area contributed by atoms with Crippen LogP contribution in [0.3, 0.4) is 0 Å².